The molecular formula is C21H29N5O2. The van der Waals surface area contributed by atoms with E-state index in [1.165, 1.54) is 12.8 Å². The molecule has 1 fully saturated rings. The molecule has 7 heteroatoms. The summed E-state index contributed by atoms with van der Waals surface area (Å²) in [5.74, 6) is 0.0394. The number of aromatic nitrogens is 2. The first-order chi connectivity index (χ1) is 13.7. The van der Waals surface area contributed by atoms with Gasteiger partial charge >= 0.3 is 6.03 Å². The van der Waals surface area contributed by atoms with Crippen LogP contribution in [0.15, 0.2) is 43.0 Å². The van der Waals surface area contributed by atoms with Gasteiger partial charge in [-0.15, -0.1) is 0 Å². The number of urea groups is 1. The van der Waals surface area contributed by atoms with Gasteiger partial charge in [-0.2, -0.15) is 0 Å². The first kappa shape index (κ1) is 19.9. The van der Waals surface area contributed by atoms with E-state index in [2.05, 4.69) is 15.6 Å². The Kier molecular flexibility index (Phi) is 7.06. The Labute approximate surface area is 166 Å². The van der Waals surface area contributed by atoms with Gasteiger partial charge in [0.25, 0.3) is 5.91 Å². The largest absolute Gasteiger partial charge is 0.339 e. The van der Waals surface area contributed by atoms with Crippen molar-refractivity contribution in [1.29, 1.82) is 0 Å². The summed E-state index contributed by atoms with van der Waals surface area (Å²) in [4.78, 5) is 31.1. The molecule has 0 unspecified atom stereocenters. The van der Waals surface area contributed by atoms with Crippen LogP contribution in [0.4, 0.5) is 10.5 Å². The van der Waals surface area contributed by atoms with Gasteiger partial charge in [0.2, 0.25) is 0 Å². The second-order valence-corrected chi connectivity index (χ2v) is 7.25. The molecule has 0 aliphatic carbocycles. The number of nitrogens with zero attached hydrogens (tertiary/aromatic N) is 3. The fourth-order valence-corrected chi connectivity index (χ4v) is 3.46. The number of anilines is 1. The fraction of sp³-hybridized carbons (Fsp3) is 0.476. The summed E-state index contributed by atoms with van der Waals surface area (Å²) in [7, 11) is 0. The second kappa shape index (κ2) is 9.92. The number of nitrogens with one attached hydrogen (secondary N) is 2. The number of likely N-dealkylation sites (tertiary alicyclic amines) is 1. The highest BCUT2D eigenvalue weighted by molar-refractivity contribution is 5.97. The van der Waals surface area contributed by atoms with E-state index in [4.69, 9.17) is 0 Å². The molecule has 1 aromatic carbocycles. The Morgan fingerprint density at radius 2 is 1.96 bits per heavy atom. The summed E-state index contributed by atoms with van der Waals surface area (Å²) in [5, 5.41) is 5.83. The molecule has 1 atom stereocenters. The molecule has 0 radical (unpaired) electrons. The van der Waals surface area contributed by atoms with Crippen LogP contribution in [0, 0.1) is 0 Å². The van der Waals surface area contributed by atoms with Crippen LogP contribution in [-0.4, -0.2) is 45.5 Å². The monoisotopic (exact) mass is 383 g/mol. The minimum absolute atomic E-state index is 0.00360. The highest BCUT2D eigenvalue weighted by atomic mass is 16.2. The van der Waals surface area contributed by atoms with Crippen molar-refractivity contribution >= 4 is 17.6 Å². The highest BCUT2D eigenvalue weighted by Gasteiger charge is 2.18. The zero-order valence-electron chi connectivity index (χ0n) is 16.4. The number of hydrogen-bond donors (Lipinski definition) is 2. The summed E-state index contributed by atoms with van der Waals surface area (Å²) < 4.78 is 1.94. The third-order valence-corrected chi connectivity index (χ3v) is 5.08. The van der Waals surface area contributed by atoms with Crippen LogP contribution in [0.5, 0.6) is 0 Å². The molecule has 1 aliphatic rings. The van der Waals surface area contributed by atoms with E-state index >= 15 is 0 Å². The Bertz CT molecular complexity index is 767. The topological polar surface area (TPSA) is 79.3 Å². The zero-order valence-corrected chi connectivity index (χ0v) is 16.4. The smallest absolute Gasteiger partial charge is 0.319 e. The third kappa shape index (κ3) is 5.58. The predicted molar refractivity (Wildman–Crippen MR) is 109 cm³/mol. The Balaban J connectivity index is 1.58. The standard InChI is InChI=1S/C21H29N5O2/c1-2-18(15-25-13-10-22-16-25)23-21(28)24-19-9-7-8-17(14-19)20(27)26-11-5-3-4-6-12-26/h7-10,13-14,16,18H,2-6,11-12,15H2,1H3,(H2,23,24,28)/t18-/m0/s1. The molecule has 3 amide bonds. The maximum absolute atomic E-state index is 12.8. The lowest BCUT2D eigenvalue weighted by atomic mass is 10.1. The average Bonchev–Trinajstić information content (AvgIpc) is 3.06. The summed E-state index contributed by atoms with van der Waals surface area (Å²) >= 11 is 0. The molecule has 7 nitrogen and oxygen atoms in total. The number of hydrogen-bond acceptors (Lipinski definition) is 3. The molecule has 0 saturated carbocycles. The van der Waals surface area contributed by atoms with Crippen LogP contribution in [0.25, 0.3) is 0 Å². The Morgan fingerprint density at radius 1 is 1.18 bits per heavy atom. The van der Waals surface area contributed by atoms with Crippen LogP contribution in [0.2, 0.25) is 0 Å². The van der Waals surface area contributed by atoms with E-state index in [9.17, 15) is 9.59 Å². The summed E-state index contributed by atoms with van der Waals surface area (Å²) in [6.45, 7) is 4.31. The molecule has 2 N–H and O–H groups in total. The Morgan fingerprint density at radius 3 is 2.64 bits per heavy atom. The normalized spacial score (nSPS) is 15.5. The number of amides is 3. The molecule has 0 bridgehead atoms. The SMILES string of the molecule is CC[C@@H](Cn1ccnc1)NC(=O)Nc1cccc(C(=O)N2CCCCCC2)c1. The molecule has 3 rings (SSSR count). The van der Waals surface area contributed by atoms with Crippen LogP contribution >= 0.6 is 0 Å². The quantitative estimate of drug-likeness (QED) is 0.801. The van der Waals surface area contributed by atoms with E-state index in [1.54, 1.807) is 24.7 Å². The average molecular weight is 383 g/mol. The van der Waals surface area contributed by atoms with Crippen molar-refractivity contribution in [3.8, 4) is 0 Å². The molecule has 0 spiro atoms. The molecule has 2 aromatic rings. The van der Waals surface area contributed by atoms with Crippen molar-refractivity contribution in [3.63, 3.8) is 0 Å². The lowest BCUT2D eigenvalue weighted by Gasteiger charge is -2.21. The molecular weight excluding hydrogens is 354 g/mol. The van der Waals surface area contributed by atoms with Gasteiger partial charge in [0, 0.05) is 49.3 Å². The van der Waals surface area contributed by atoms with E-state index in [0.717, 1.165) is 32.4 Å². The van der Waals surface area contributed by atoms with E-state index in [0.29, 0.717) is 17.8 Å². The van der Waals surface area contributed by atoms with Crippen molar-refractivity contribution in [2.24, 2.45) is 0 Å². The first-order valence-corrected chi connectivity index (χ1v) is 10.1. The molecule has 28 heavy (non-hydrogen) atoms. The maximum Gasteiger partial charge on any atom is 0.319 e. The number of carbonyl (C=O) groups excluding carboxylic acids is 2. The number of benzene rings is 1. The van der Waals surface area contributed by atoms with Crippen molar-refractivity contribution < 1.29 is 9.59 Å². The van der Waals surface area contributed by atoms with Crippen LogP contribution < -0.4 is 10.6 Å². The van der Waals surface area contributed by atoms with Crippen LogP contribution in [0.1, 0.15) is 49.4 Å². The van der Waals surface area contributed by atoms with Gasteiger partial charge in [0.05, 0.1) is 6.33 Å². The first-order valence-electron chi connectivity index (χ1n) is 10.1. The molecule has 1 aliphatic heterocycles. The second-order valence-electron chi connectivity index (χ2n) is 7.25. The summed E-state index contributed by atoms with van der Waals surface area (Å²) in [6.07, 6.45) is 10.6. The summed E-state index contributed by atoms with van der Waals surface area (Å²) in [5.41, 5.74) is 1.24. The lowest BCUT2D eigenvalue weighted by Crippen LogP contribution is -2.40. The van der Waals surface area contributed by atoms with Gasteiger partial charge in [-0.3, -0.25) is 4.79 Å². The zero-order chi connectivity index (χ0) is 19.8. The highest BCUT2D eigenvalue weighted by Crippen LogP contribution is 2.16. The van der Waals surface area contributed by atoms with E-state index < -0.39 is 0 Å². The molecule has 1 aromatic heterocycles. The van der Waals surface area contributed by atoms with Crippen molar-refractivity contribution in [1.82, 2.24) is 19.8 Å². The van der Waals surface area contributed by atoms with E-state index in [-0.39, 0.29) is 18.0 Å². The molecule has 2 heterocycles. The lowest BCUT2D eigenvalue weighted by molar-refractivity contribution is 0.0761. The number of carbonyl (C=O) groups is 2. The Hall–Kier alpha value is -2.83. The van der Waals surface area contributed by atoms with Gasteiger partial charge in [0.1, 0.15) is 0 Å². The van der Waals surface area contributed by atoms with Crippen molar-refractivity contribution in [2.75, 3.05) is 18.4 Å². The molecule has 150 valence electrons. The van der Waals surface area contributed by atoms with Crippen molar-refractivity contribution in [3.05, 3.63) is 48.5 Å². The van der Waals surface area contributed by atoms with E-state index in [1.807, 2.05) is 34.7 Å². The predicted octanol–water partition coefficient (Wildman–Crippen LogP) is 3.50. The van der Waals surface area contributed by atoms with Gasteiger partial charge in [-0.05, 0) is 37.5 Å². The van der Waals surface area contributed by atoms with Crippen LogP contribution in [0.3, 0.4) is 0 Å². The number of imidazole rings is 1. The fourth-order valence-electron chi connectivity index (χ4n) is 3.46. The van der Waals surface area contributed by atoms with Gasteiger partial charge in [-0.1, -0.05) is 25.8 Å². The van der Waals surface area contributed by atoms with Crippen molar-refractivity contribution in [2.45, 2.75) is 51.6 Å². The minimum atomic E-state index is -0.272. The van der Waals surface area contributed by atoms with Gasteiger partial charge in [-0.25, -0.2) is 9.78 Å². The van der Waals surface area contributed by atoms with Gasteiger partial charge in [0.15, 0.2) is 0 Å². The molecule has 1 saturated heterocycles. The maximum atomic E-state index is 12.8. The minimum Gasteiger partial charge on any atom is -0.339 e. The third-order valence-electron chi connectivity index (χ3n) is 5.08. The van der Waals surface area contributed by atoms with Crippen LogP contribution in [-0.2, 0) is 6.54 Å². The number of rotatable bonds is 6. The van der Waals surface area contributed by atoms with Gasteiger partial charge < -0.3 is 20.1 Å². The summed E-state index contributed by atoms with van der Waals surface area (Å²) in [6, 6.07) is 6.90.